The predicted octanol–water partition coefficient (Wildman–Crippen LogP) is 2.62. The van der Waals surface area contributed by atoms with Gasteiger partial charge < -0.3 is 20.1 Å². The summed E-state index contributed by atoms with van der Waals surface area (Å²) >= 11 is 0. The molecule has 158 valence electrons. The average molecular weight is 520 g/mol. The van der Waals surface area contributed by atoms with Crippen molar-refractivity contribution < 1.29 is 9.47 Å². The van der Waals surface area contributed by atoms with E-state index < -0.39 is 0 Å². The molecule has 0 atom stereocenters. The standard InChI is InChI=1S/C21H24N6O2.HI/c1-4-12-29-18-13-16(9-10-17(18)28-3)14-23-21(22-5-2)24-15-20-26-25-19-8-6-7-11-27(19)20;/h1,6-11,13H,5,12,14-15H2,2-3H3,(H2,22,23,24);1H. The molecule has 0 aliphatic rings. The molecule has 2 N–H and O–H groups in total. The number of nitrogens with zero attached hydrogens (tertiary/aromatic N) is 4. The van der Waals surface area contributed by atoms with E-state index in [-0.39, 0.29) is 30.6 Å². The Labute approximate surface area is 193 Å². The van der Waals surface area contributed by atoms with Gasteiger partial charge in [0, 0.05) is 12.7 Å². The molecule has 0 radical (unpaired) electrons. The summed E-state index contributed by atoms with van der Waals surface area (Å²) in [4.78, 5) is 4.64. The summed E-state index contributed by atoms with van der Waals surface area (Å²) < 4.78 is 12.8. The maximum absolute atomic E-state index is 5.55. The number of pyridine rings is 1. The number of rotatable bonds is 8. The summed E-state index contributed by atoms with van der Waals surface area (Å²) in [6.45, 7) is 3.90. The van der Waals surface area contributed by atoms with Crippen LogP contribution in [0.4, 0.5) is 0 Å². The van der Waals surface area contributed by atoms with E-state index in [4.69, 9.17) is 15.9 Å². The zero-order chi connectivity index (χ0) is 20.5. The number of hydrogen-bond acceptors (Lipinski definition) is 5. The van der Waals surface area contributed by atoms with Crippen LogP contribution >= 0.6 is 24.0 Å². The molecule has 2 aromatic heterocycles. The normalized spacial score (nSPS) is 10.8. The number of hydrogen-bond donors (Lipinski definition) is 2. The van der Waals surface area contributed by atoms with Gasteiger partial charge >= 0.3 is 0 Å². The molecule has 0 fully saturated rings. The highest BCUT2D eigenvalue weighted by atomic mass is 127. The van der Waals surface area contributed by atoms with E-state index in [1.165, 1.54) is 0 Å². The van der Waals surface area contributed by atoms with Crippen molar-refractivity contribution in [1.29, 1.82) is 0 Å². The molecule has 0 spiro atoms. The van der Waals surface area contributed by atoms with Crippen LogP contribution < -0.4 is 20.1 Å². The molecule has 8 nitrogen and oxygen atoms in total. The monoisotopic (exact) mass is 520 g/mol. The molecule has 9 heteroatoms. The first-order valence-electron chi connectivity index (χ1n) is 9.29. The SMILES string of the molecule is C#CCOc1cc(CN=C(NCC)NCc2nnc3ccccn23)ccc1OC.I. The quantitative estimate of drug-likeness (QED) is 0.206. The smallest absolute Gasteiger partial charge is 0.191 e. The maximum Gasteiger partial charge on any atom is 0.191 e. The van der Waals surface area contributed by atoms with Crippen LogP contribution in [-0.2, 0) is 13.1 Å². The van der Waals surface area contributed by atoms with Crippen molar-refractivity contribution in [3.8, 4) is 23.8 Å². The first-order chi connectivity index (χ1) is 14.2. The van der Waals surface area contributed by atoms with Crippen LogP contribution in [0, 0.1) is 12.3 Å². The van der Waals surface area contributed by atoms with Gasteiger partial charge in [0.15, 0.2) is 28.9 Å². The number of halogens is 1. The highest BCUT2D eigenvalue weighted by molar-refractivity contribution is 14.0. The van der Waals surface area contributed by atoms with Gasteiger partial charge in [0.2, 0.25) is 0 Å². The third-order valence-corrected chi connectivity index (χ3v) is 4.10. The van der Waals surface area contributed by atoms with Crippen LogP contribution in [0.2, 0.25) is 0 Å². The molecule has 0 saturated heterocycles. The molecule has 3 aromatic rings. The summed E-state index contributed by atoms with van der Waals surface area (Å²) in [6.07, 6.45) is 7.22. The largest absolute Gasteiger partial charge is 0.493 e. The van der Waals surface area contributed by atoms with Crippen LogP contribution in [0.3, 0.4) is 0 Å². The minimum Gasteiger partial charge on any atom is -0.493 e. The van der Waals surface area contributed by atoms with Crippen molar-refractivity contribution >= 4 is 35.6 Å². The van der Waals surface area contributed by atoms with Crippen LogP contribution in [0.5, 0.6) is 11.5 Å². The Kier molecular flexibility index (Phi) is 9.21. The van der Waals surface area contributed by atoms with Crippen molar-refractivity contribution in [1.82, 2.24) is 25.2 Å². The van der Waals surface area contributed by atoms with Gasteiger partial charge in [-0.05, 0) is 36.8 Å². The number of ether oxygens (including phenoxy) is 2. The van der Waals surface area contributed by atoms with Gasteiger partial charge in [0.25, 0.3) is 0 Å². The lowest BCUT2D eigenvalue weighted by molar-refractivity contribution is 0.330. The number of fused-ring (bicyclic) bond motifs is 1. The lowest BCUT2D eigenvalue weighted by Crippen LogP contribution is -2.37. The number of methoxy groups -OCH3 is 1. The summed E-state index contributed by atoms with van der Waals surface area (Å²) in [5.41, 5.74) is 1.78. The van der Waals surface area contributed by atoms with Gasteiger partial charge in [0.05, 0.1) is 20.2 Å². The molecule has 2 heterocycles. The first-order valence-corrected chi connectivity index (χ1v) is 9.29. The summed E-state index contributed by atoms with van der Waals surface area (Å²) in [6, 6.07) is 11.5. The minimum absolute atomic E-state index is 0. The van der Waals surface area contributed by atoms with Gasteiger partial charge in [-0.15, -0.1) is 40.6 Å². The molecule has 0 aliphatic carbocycles. The number of aromatic nitrogens is 3. The molecular weight excluding hydrogens is 495 g/mol. The number of aliphatic imine (C=N–C) groups is 1. The number of guanidine groups is 1. The second kappa shape index (κ2) is 11.9. The van der Waals surface area contributed by atoms with E-state index in [0.29, 0.717) is 30.5 Å². The van der Waals surface area contributed by atoms with Gasteiger partial charge in [-0.2, -0.15) is 0 Å². The minimum atomic E-state index is 0. The predicted molar refractivity (Wildman–Crippen MR) is 127 cm³/mol. The van der Waals surface area contributed by atoms with E-state index in [1.807, 2.05) is 53.9 Å². The Balaban J connectivity index is 0.00000320. The van der Waals surface area contributed by atoms with Gasteiger partial charge in [0.1, 0.15) is 6.61 Å². The Morgan fingerprint density at radius 2 is 2.07 bits per heavy atom. The third kappa shape index (κ3) is 6.00. The van der Waals surface area contributed by atoms with Gasteiger partial charge in [-0.1, -0.05) is 18.1 Å². The first kappa shape index (κ1) is 23.3. The van der Waals surface area contributed by atoms with E-state index >= 15 is 0 Å². The maximum atomic E-state index is 5.55. The van der Waals surface area contributed by atoms with E-state index in [0.717, 1.165) is 23.6 Å². The zero-order valence-electron chi connectivity index (χ0n) is 17.0. The van der Waals surface area contributed by atoms with Crippen molar-refractivity contribution in [2.45, 2.75) is 20.0 Å². The molecule has 0 unspecified atom stereocenters. The topological polar surface area (TPSA) is 85.1 Å². The Morgan fingerprint density at radius 1 is 1.20 bits per heavy atom. The second-order valence-electron chi connectivity index (χ2n) is 6.07. The van der Waals surface area contributed by atoms with Crippen molar-refractivity contribution in [2.24, 2.45) is 4.99 Å². The zero-order valence-corrected chi connectivity index (χ0v) is 19.3. The highest BCUT2D eigenvalue weighted by Gasteiger charge is 2.07. The molecular formula is C21H25IN6O2. The highest BCUT2D eigenvalue weighted by Crippen LogP contribution is 2.28. The van der Waals surface area contributed by atoms with E-state index in [1.54, 1.807) is 7.11 Å². The number of benzene rings is 1. The molecule has 3 rings (SSSR count). The van der Waals surface area contributed by atoms with Gasteiger partial charge in [-0.25, -0.2) is 4.99 Å². The lowest BCUT2D eigenvalue weighted by atomic mass is 10.2. The fourth-order valence-electron chi connectivity index (χ4n) is 2.74. The Hall–Kier alpha value is -3.00. The Bertz CT molecular complexity index is 1030. The Morgan fingerprint density at radius 3 is 2.83 bits per heavy atom. The number of nitrogens with one attached hydrogen (secondary N) is 2. The van der Waals surface area contributed by atoms with Crippen molar-refractivity contribution in [3.63, 3.8) is 0 Å². The number of terminal acetylenes is 1. The van der Waals surface area contributed by atoms with Crippen LogP contribution in [0.15, 0.2) is 47.6 Å². The molecule has 0 amide bonds. The fourth-order valence-corrected chi connectivity index (χ4v) is 2.74. The van der Waals surface area contributed by atoms with Crippen LogP contribution in [-0.4, -0.2) is 40.8 Å². The molecule has 0 bridgehead atoms. The van der Waals surface area contributed by atoms with Gasteiger partial charge in [-0.3, -0.25) is 4.40 Å². The molecule has 0 saturated carbocycles. The molecule has 30 heavy (non-hydrogen) atoms. The lowest BCUT2D eigenvalue weighted by Gasteiger charge is -2.12. The molecule has 0 aliphatic heterocycles. The van der Waals surface area contributed by atoms with E-state index in [9.17, 15) is 0 Å². The summed E-state index contributed by atoms with van der Waals surface area (Å²) in [7, 11) is 1.59. The second-order valence-corrected chi connectivity index (χ2v) is 6.07. The van der Waals surface area contributed by atoms with Crippen molar-refractivity contribution in [2.75, 3.05) is 20.3 Å². The van der Waals surface area contributed by atoms with Crippen LogP contribution in [0.1, 0.15) is 18.3 Å². The summed E-state index contributed by atoms with van der Waals surface area (Å²) in [5.74, 6) is 5.19. The fraction of sp³-hybridized carbons (Fsp3) is 0.286. The van der Waals surface area contributed by atoms with Crippen molar-refractivity contribution in [3.05, 3.63) is 54.0 Å². The third-order valence-electron chi connectivity index (χ3n) is 4.10. The van der Waals surface area contributed by atoms with E-state index in [2.05, 4.69) is 31.7 Å². The average Bonchev–Trinajstić information content (AvgIpc) is 3.17. The molecule has 1 aromatic carbocycles. The summed E-state index contributed by atoms with van der Waals surface area (Å²) in [5, 5.41) is 14.9. The van der Waals surface area contributed by atoms with Crippen LogP contribution in [0.25, 0.3) is 5.65 Å².